The summed E-state index contributed by atoms with van der Waals surface area (Å²) in [6.45, 7) is 4.13. The average Bonchev–Trinajstić information content (AvgIpc) is 3.49. The molecule has 0 radical (unpaired) electrons. The van der Waals surface area contributed by atoms with Crippen molar-refractivity contribution in [2.45, 2.75) is 31.5 Å². The Morgan fingerprint density at radius 1 is 1.05 bits per heavy atom. The van der Waals surface area contributed by atoms with Gasteiger partial charge in [-0.25, -0.2) is 0 Å². The average molecular weight is 850 g/mol. The zero-order valence-electron chi connectivity index (χ0n) is 19.9. The van der Waals surface area contributed by atoms with Crippen LogP contribution in [0, 0.1) is 34.4 Å². The highest BCUT2D eigenvalue weighted by Gasteiger charge is 2.70. The van der Waals surface area contributed by atoms with Crippen LogP contribution in [0.4, 0.5) is 0 Å². The summed E-state index contributed by atoms with van der Waals surface area (Å²) in [6, 6.07) is 3.81. The van der Waals surface area contributed by atoms with Crippen molar-refractivity contribution in [1.82, 2.24) is 0 Å². The van der Waals surface area contributed by atoms with Gasteiger partial charge in [0.25, 0.3) is 0 Å². The Morgan fingerprint density at radius 2 is 1.81 bits per heavy atom. The van der Waals surface area contributed by atoms with Gasteiger partial charge in [0.1, 0.15) is 38.4 Å². The third-order valence-corrected chi connectivity index (χ3v) is 11.5. The maximum atomic E-state index is 13.0. The molecule has 1 N–H and O–H groups in total. The number of quaternary nitrogens is 1. The van der Waals surface area contributed by atoms with Crippen molar-refractivity contribution in [2.24, 2.45) is 23.7 Å². The van der Waals surface area contributed by atoms with Gasteiger partial charge in [-0.15, -0.1) is 0 Å². The number of carbonyl (C=O) groups is 4. The minimum absolute atomic E-state index is 0.0221. The van der Waals surface area contributed by atoms with Crippen LogP contribution < -0.4 is 4.90 Å². The molecular formula is C25H27I3NO8+. The molecule has 2 bridgehead atoms. The van der Waals surface area contributed by atoms with Crippen molar-refractivity contribution < 1.29 is 43.0 Å². The molecule has 0 spiro atoms. The molecule has 2 saturated heterocycles. The predicted molar refractivity (Wildman–Crippen MR) is 154 cm³/mol. The van der Waals surface area contributed by atoms with Crippen molar-refractivity contribution >= 4 is 91.5 Å². The first kappa shape index (κ1) is 28.0. The van der Waals surface area contributed by atoms with Gasteiger partial charge in [-0.05, 0) is 86.3 Å². The summed E-state index contributed by atoms with van der Waals surface area (Å²) in [5.41, 5.74) is 0.596. The number of halogens is 3. The van der Waals surface area contributed by atoms with Crippen LogP contribution >= 0.6 is 67.8 Å². The summed E-state index contributed by atoms with van der Waals surface area (Å²) < 4.78 is 25.1. The summed E-state index contributed by atoms with van der Waals surface area (Å²) in [4.78, 5) is 52.5. The van der Waals surface area contributed by atoms with Crippen LogP contribution in [0.15, 0.2) is 12.1 Å². The first-order valence-corrected chi connectivity index (χ1v) is 15.6. The van der Waals surface area contributed by atoms with Crippen molar-refractivity contribution in [3.63, 3.8) is 0 Å². The van der Waals surface area contributed by atoms with Crippen molar-refractivity contribution in [3.8, 4) is 0 Å². The fourth-order valence-electron chi connectivity index (χ4n) is 6.09. The minimum Gasteiger partial charge on any atom is -0.459 e. The highest BCUT2D eigenvalue weighted by atomic mass is 127. The topological polar surface area (TPSA) is 110 Å². The fraction of sp³-hybridized carbons (Fsp3) is 0.600. The lowest BCUT2D eigenvalue weighted by atomic mass is 9.78. The number of hydrogen-bond acceptors (Lipinski definition) is 8. The van der Waals surface area contributed by atoms with Gasteiger partial charge >= 0.3 is 17.9 Å². The van der Waals surface area contributed by atoms with Gasteiger partial charge in [0.15, 0.2) is 5.78 Å². The number of morpholine rings is 1. The lowest BCUT2D eigenvalue weighted by molar-refractivity contribution is -0.908. The summed E-state index contributed by atoms with van der Waals surface area (Å²) in [6.07, 6.45) is -0.676. The lowest BCUT2D eigenvalue weighted by Gasteiger charge is -2.30. The number of rotatable bonds is 9. The summed E-state index contributed by atoms with van der Waals surface area (Å²) >= 11 is 6.50. The zero-order valence-corrected chi connectivity index (χ0v) is 26.4. The van der Waals surface area contributed by atoms with Gasteiger partial charge in [0, 0.05) is 34.5 Å². The van der Waals surface area contributed by atoms with E-state index in [-0.39, 0.29) is 37.1 Å². The molecule has 6 atom stereocenters. The van der Waals surface area contributed by atoms with Crippen molar-refractivity contribution in [2.75, 3.05) is 39.5 Å². The predicted octanol–water partition coefficient (Wildman–Crippen LogP) is 1.64. The van der Waals surface area contributed by atoms with E-state index in [0.29, 0.717) is 31.7 Å². The molecule has 2 heterocycles. The normalized spacial score (nSPS) is 30.3. The molecule has 1 aromatic rings. The zero-order chi connectivity index (χ0) is 26.3. The second kappa shape index (κ2) is 11.9. The van der Waals surface area contributed by atoms with Gasteiger partial charge in [0.05, 0.1) is 31.5 Å². The highest BCUT2D eigenvalue weighted by Crippen LogP contribution is 2.59. The quantitative estimate of drug-likeness (QED) is 0.132. The van der Waals surface area contributed by atoms with Crippen molar-refractivity contribution in [3.05, 3.63) is 28.4 Å². The van der Waals surface area contributed by atoms with E-state index in [0.717, 1.165) is 23.8 Å². The van der Waals surface area contributed by atoms with Crippen LogP contribution in [0.2, 0.25) is 0 Å². The molecule has 1 aromatic carbocycles. The molecule has 5 rings (SSSR count). The molecule has 0 aromatic heterocycles. The second-order valence-electron chi connectivity index (χ2n) is 9.92. The molecule has 4 fully saturated rings. The molecule has 6 unspecified atom stereocenters. The first-order valence-electron chi connectivity index (χ1n) is 12.4. The van der Waals surface area contributed by atoms with Crippen LogP contribution in [0.25, 0.3) is 0 Å². The Balaban J connectivity index is 1.17. The molecule has 2 saturated carbocycles. The van der Waals surface area contributed by atoms with Crippen LogP contribution in [0.1, 0.15) is 29.6 Å². The van der Waals surface area contributed by atoms with E-state index in [4.69, 9.17) is 18.9 Å². The number of ketones is 1. The van der Waals surface area contributed by atoms with E-state index in [2.05, 4.69) is 67.8 Å². The van der Waals surface area contributed by atoms with Gasteiger partial charge in [-0.1, -0.05) is 0 Å². The molecule has 37 heavy (non-hydrogen) atoms. The standard InChI is InChI=1S/C25H26I3NO8/c26-12-9-13(21(28)16(27)10-12)17(30)1-2-18(31)36-22-14-11-15-20(25(33)37-23(15)22)19(14)24(32)35-8-5-29-3-6-34-7-4-29/h9-10,14-15,19-20,22-23H,1-8,11H2/p+1. The largest absolute Gasteiger partial charge is 0.459 e. The monoisotopic (exact) mass is 850 g/mol. The smallest absolute Gasteiger partial charge is 0.310 e. The Hall–Kier alpha value is -0.590. The molecule has 200 valence electrons. The molecular weight excluding hydrogens is 823 g/mol. The molecule has 4 aliphatic rings. The maximum absolute atomic E-state index is 13.0. The molecule has 2 aliphatic heterocycles. The Bertz CT molecular complexity index is 1110. The van der Waals surface area contributed by atoms with Crippen LogP contribution in [0.3, 0.4) is 0 Å². The Labute approximate surface area is 255 Å². The second-order valence-corrected chi connectivity index (χ2v) is 13.4. The SMILES string of the molecule is O=C(CCC(=O)c1cc(I)cc(I)c1I)OC1C2CC3C1OC(=O)C3C2C(=O)OCC[NH+]1CCOCC1. The van der Waals surface area contributed by atoms with Crippen LogP contribution in [-0.2, 0) is 33.3 Å². The van der Waals surface area contributed by atoms with E-state index < -0.39 is 42.0 Å². The van der Waals surface area contributed by atoms with Crippen molar-refractivity contribution in [1.29, 1.82) is 0 Å². The summed E-state index contributed by atoms with van der Waals surface area (Å²) in [7, 11) is 0. The lowest BCUT2D eigenvalue weighted by Crippen LogP contribution is -3.14. The first-order chi connectivity index (χ1) is 17.7. The van der Waals surface area contributed by atoms with Crippen LogP contribution in [-0.4, -0.2) is 75.4 Å². The number of esters is 3. The number of Topliss-reactive ketones (excluding diaryl/α,β-unsaturated/α-hetero) is 1. The molecule has 9 nitrogen and oxygen atoms in total. The van der Waals surface area contributed by atoms with E-state index >= 15 is 0 Å². The number of benzene rings is 1. The summed E-state index contributed by atoms with van der Waals surface area (Å²) in [5, 5.41) is 0. The van der Waals surface area contributed by atoms with E-state index in [9.17, 15) is 19.2 Å². The highest BCUT2D eigenvalue weighted by molar-refractivity contribution is 14.1. The molecule has 2 aliphatic carbocycles. The van der Waals surface area contributed by atoms with Gasteiger partial charge < -0.3 is 23.8 Å². The summed E-state index contributed by atoms with van der Waals surface area (Å²) in [5.74, 6) is -3.12. The molecule has 12 heteroatoms. The van der Waals surface area contributed by atoms with Gasteiger partial charge in [-0.2, -0.15) is 0 Å². The Morgan fingerprint density at radius 3 is 2.57 bits per heavy atom. The van der Waals surface area contributed by atoms with Crippen LogP contribution in [0.5, 0.6) is 0 Å². The number of nitrogens with one attached hydrogen (secondary N) is 1. The van der Waals surface area contributed by atoms with Gasteiger partial charge in [0.2, 0.25) is 0 Å². The third kappa shape index (κ3) is 5.82. The van der Waals surface area contributed by atoms with Gasteiger partial charge in [-0.3, -0.25) is 19.2 Å². The van der Waals surface area contributed by atoms with E-state index in [1.165, 1.54) is 4.90 Å². The van der Waals surface area contributed by atoms with E-state index in [1.54, 1.807) is 0 Å². The number of fused-ring (bicyclic) bond motifs is 1. The Kier molecular flexibility index (Phi) is 8.98. The number of ether oxygens (including phenoxy) is 4. The molecule has 0 amide bonds. The minimum atomic E-state index is -0.684. The maximum Gasteiger partial charge on any atom is 0.310 e. The fourth-order valence-corrected chi connectivity index (χ4v) is 8.55. The third-order valence-electron chi connectivity index (χ3n) is 7.84. The van der Waals surface area contributed by atoms with E-state index in [1.807, 2.05) is 12.1 Å². The number of hydrogen-bond donors (Lipinski definition) is 1. The number of carbonyl (C=O) groups excluding carboxylic acids is 4.